The van der Waals surface area contributed by atoms with Crippen molar-refractivity contribution in [1.82, 2.24) is 10.2 Å². The Kier molecular flexibility index (Phi) is 3.42. The molecule has 1 N–H and O–H groups in total. The lowest BCUT2D eigenvalue weighted by atomic mass is 9.83. The number of hydrogen-bond donors (Lipinski definition) is 1. The van der Waals surface area contributed by atoms with Crippen LogP contribution in [0.4, 0.5) is 13.6 Å². The van der Waals surface area contributed by atoms with E-state index in [1.54, 1.807) is 20.8 Å². The Hall–Kier alpha value is -1.40. The topological polar surface area (TPSA) is 58.6 Å². The monoisotopic (exact) mass is 290 g/mol. The predicted molar refractivity (Wildman–Crippen MR) is 67.5 cm³/mol. The smallest absolute Gasteiger partial charge is 0.410 e. The highest BCUT2D eigenvalue weighted by atomic mass is 19.3. The van der Waals surface area contributed by atoms with Gasteiger partial charge in [-0.25, -0.2) is 13.6 Å². The van der Waals surface area contributed by atoms with Gasteiger partial charge in [-0.3, -0.25) is 4.79 Å². The molecule has 5 nitrogen and oxygen atoms in total. The summed E-state index contributed by atoms with van der Waals surface area (Å²) in [5.74, 6) is -3.68. The molecule has 20 heavy (non-hydrogen) atoms. The maximum Gasteiger partial charge on any atom is 0.410 e. The van der Waals surface area contributed by atoms with Crippen LogP contribution in [0.3, 0.4) is 0 Å². The summed E-state index contributed by atoms with van der Waals surface area (Å²) in [4.78, 5) is 24.5. The zero-order chi connectivity index (χ0) is 15.2. The zero-order valence-electron chi connectivity index (χ0n) is 12.0. The maximum atomic E-state index is 13.9. The number of carbonyl (C=O) groups is 2. The van der Waals surface area contributed by atoms with Crippen LogP contribution < -0.4 is 5.32 Å². The molecule has 2 fully saturated rings. The number of nitrogens with one attached hydrogen (secondary N) is 1. The van der Waals surface area contributed by atoms with E-state index in [9.17, 15) is 18.4 Å². The molecular weight excluding hydrogens is 270 g/mol. The molecular formula is C13H20F2N2O3. The Bertz CT molecular complexity index is 424. The standard InChI is InChI=1S/C13H20F2N2O3/c1-11(2,3)20-10(19)17-6-4-12(5-7-17)13(14,15)8-9(18)16-12/h4-8H2,1-3H3,(H,16,18). The third-order valence-corrected chi connectivity index (χ3v) is 3.73. The molecule has 0 atom stereocenters. The van der Waals surface area contributed by atoms with Gasteiger partial charge in [0.15, 0.2) is 0 Å². The number of rotatable bonds is 0. The highest BCUT2D eigenvalue weighted by molar-refractivity contribution is 5.81. The van der Waals surface area contributed by atoms with Gasteiger partial charge < -0.3 is 15.0 Å². The minimum atomic E-state index is -3.05. The van der Waals surface area contributed by atoms with E-state index in [1.807, 2.05) is 0 Å². The number of nitrogens with zero attached hydrogens (tertiary/aromatic N) is 1. The minimum Gasteiger partial charge on any atom is -0.444 e. The fraction of sp³-hybridized carbons (Fsp3) is 0.846. The molecule has 0 unspecified atom stereocenters. The summed E-state index contributed by atoms with van der Waals surface area (Å²) in [7, 11) is 0. The molecule has 1 spiro atoms. The molecule has 2 rings (SSSR count). The van der Waals surface area contributed by atoms with Gasteiger partial charge in [-0.05, 0) is 33.6 Å². The first kappa shape index (κ1) is 15.0. The Morgan fingerprint density at radius 1 is 1.30 bits per heavy atom. The number of amides is 2. The van der Waals surface area contributed by atoms with Crippen molar-refractivity contribution < 1.29 is 23.1 Å². The normalized spacial score (nSPS) is 24.6. The van der Waals surface area contributed by atoms with Gasteiger partial charge in [0.05, 0.1) is 6.42 Å². The van der Waals surface area contributed by atoms with Gasteiger partial charge in [0.1, 0.15) is 11.1 Å². The van der Waals surface area contributed by atoms with Crippen LogP contribution >= 0.6 is 0 Å². The lowest BCUT2D eigenvalue weighted by Gasteiger charge is -2.42. The molecule has 0 saturated carbocycles. The van der Waals surface area contributed by atoms with E-state index >= 15 is 0 Å². The number of ether oxygens (including phenoxy) is 1. The first-order valence-corrected chi connectivity index (χ1v) is 6.71. The average molecular weight is 290 g/mol. The molecule has 2 amide bonds. The fourth-order valence-electron chi connectivity index (χ4n) is 2.66. The molecule has 0 aromatic carbocycles. The summed E-state index contributed by atoms with van der Waals surface area (Å²) in [6.45, 7) is 5.57. The molecule has 0 bridgehead atoms. The first-order chi connectivity index (χ1) is 9.05. The molecule has 2 aliphatic rings. The number of carbonyl (C=O) groups excluding carboxylic acids is 2. The SMILES string of the molecule is CC(C)(C)OC(=O)N1CCC2(CC1)NC(=O)CC2(F)F. The van der Waals surface area contributed by atoms with Crippen LogP contribution in [-0.2, 0) is 9.53 Å². The van der Waals surface area contributed by atoms with E-state index in [0.717, 1.165) is 0 Å². The molecule has 114 valence electrons. The van der Waals surface area contributed by atoms with Crippen molar-refractivity contribution in [3.05, 3.63) is 0 Å². The van der Waals surface area contributed by atoms with E-state index in [0.29, 0.717) is 0 Å². The summed E-state index contributed by atoms with van der Waals surface area (Å²) in [5.41, 5.74) is -2.11. The van der Waals surface area contributed by atoms with Gasteiger partial charge in [-0.2, -0.15) is 0 Å². The number of piperidine rings is 1. The van der Waals surface area contributed by atoms with Crippen molar-refractivity contribution in [3.8, 4) is 0 Å². The Morgan fingerprint density at radius 3 is 2.25 bits per heavy atom. The van der Waals surface area contributed by atoms with Crippen molar-refractivity contribution >= 4 is 12.0 Å². The number of hydrogen-bond acceptors (Lipinski definition) is 3. The van der Waals surface area contributed by atoms with Crippen LogP contribution in [-0.4, -0.2) is 47.1 Å². The van der Waals surface area contributed by atoms with Crippen molar-refractivity contribution in [2.75, 3.05) is 13.1 Å². The molecule has 2 heterocycles. The van der Waals surface area contributed by atoms with Crippen molar-refractivity contribution in [3.63, 3.8) is 0 Å². The van der Waals surface area contributed by atoms with Gasteiger partial charge in [0.2, 0.25) is 5.91 Å². The number of halogens is 2. The summed E-state index contributed by atoms with van der Waals surface area (Å²) in [6.07, 6.45) is -1.17. The van der Waals surface area contributed by atoms with Crippen LogP contribution in [0, 0.1) is 0 Å². The summed E-state index contributed by atoms with van der Waals surface area (Å²) in [6, 6.07) is 0. The lowest BCUT2D eigenvalue weighted by Crippen LogP contribution is -2.59. The molecule has 0 radical (unpaired) electrons. The van der Waals surface area contributed by atoms with E-state index < -0.39 is 35.5 Å². The van der Waals surface area contributed by atoms with Gasteiger partial charge in [0, 0.05) is 13.1 Å². The zero-order valence-corrected chi connectivity index (χ0v) is 12.0. The first-order valence-electron chi connectivity index (χ1n) is 6.71. The Labute approximate surface area is 116 Å². The fourth-order valence-corrected chi connectivity index (χ4v) is 2.66. The van der Waals surface area contributed by atoms with Crippen molar-refractivity contribution in [2.24, 2.45) is 0 Å². The van der Waals surface area contributed by atoms with Crippen LogP contribution in [0.25, 0.3) is 0 Å². The third-order valence-electron chi connectivity index (χ3n) is 3.73. The number of alkyl halides is 2. The second-order valence-corrected chi connectivity index (χ2v) is 6.48. The molecule has 0 aromatic heterocycles. The molecule has 7 heteroatoms. The van der Waals surface area contributed by atoms with Gasteiger partial charge in [0.25, 0.3) is 5.92 Å². The molecule has 2 aliphatic heterocycles. The van der Waals surface area contributed by atoms with E-state index in [2.05, 4.69) is 5.32 Å². The quantitative estimate of drug-likeness (QED) is 0.741. The Morgan fingerprint density at radius 2 is 1.85 bits per heavy atom. The highest BCUT2D eigenvalue weighted by Gasteiger charge is 2.61. The van der Waals surface area contributed by atoms with Gasteiger partial charge in [-0.1, -0.05) is 0 Å². The predicted octanol–water partition coefficient (Wildman–Crippen LogP) is 1.91. The van der Waals surface area contributed by atoms with Crippen molar-refractivity contribution in [1.29, 1.82) is 0 Å². The van der Waals surface area contributed by atoms with Crippen molar-refractivity contribution in [2.45, 2.75) is 57.1 Å². The second-order valence-electron chi connectivity index (χ2n) is 6.48. The highest BCUT2D eigenvalue weighted by Crippen LogP contribution is 2.43. The van der Waals surface area contributed by atoms with Crippen LogP contribution in [0.1, 0.15) is 40.0 Å². The Balaban J connectivity index is 1.99. The molecule has 0 aromatic rings. The van der Waals surface area contributed by atoms with Gasteiger partial charge >= 0.3 is 6.09 Å². The number of likely N-dealkylation sites (tertiary alicyclic amines) is 1. The van der Waals surface area contributed by atoms with E-state index in [4.69, 9.17) is 4.74 Å². The van der Waals surface area contributed by atoms with Crippen LogP contribution in [0.15, 0.2) is 0 Å². The maximum absolute atomic E-state index is 13.9. The second kappa shape index (κ2) is 4.56. The summed E-state index contributed by atoms with van der Waals surface area (Å²) < 4.78 is 33.0. The lowest BCUT2D eigenvalue weighted by molar-refractivity contribution is -0.120. The largest absolute Gasteiger partial charge is 0.444 e. The van der Waals surface area contributed by atoms with Crippen LogP contribution in [0.5, 0.6) is 0 Å². The van der Waals surface area contributed by atoms with Crippen LogP contribution in [0.2, 0.25) is 0 Å². The average Bonchev–Trinajstić information content (AvgIpc) is 2.46. The summed E-state index contributed by atoms with van der Waals surface area (Å²) >= 11 is 0. The van der Waals surface area contributed by atoms with E-state index in [-0.39, 0.29) is 25.9 Å². The minimum absolute atomic E-state index is 0.0466. The van der Waals surface area contributed by atoms with E-state index in [1.165, 1.54) is 4.90 Å². The molecule has 0 aliphatic carbocycles. The third kappa shape index (κ3) is 2.71. The van der Waals surface area contributed by atoms with Gasteiger partial charge in [-0.15, -0.1) is 0 Å². The molecule has 2 saturated heterocycles. The summed E-state index contributed by atoms with van der Waals surface area (Å²) in [5, 5.41) is 2.40.